The van der Waals surface area contributed by atoms with E-state index in [-0.39, 0.29) is 17.4 Å². The Bertz CT molecular complexity index is 963. The average Bonchev–Trinajstić information content (AvgIpc) is 3.61. The van der Waals surface area contributed by atoms with E-state index in [0.29, 0.717) is 49.9 Å². The molecule has 4 rings (SSSR count). The first-order valence-electron chi connectivity index (χ1n) is 10.8. The molecule has 0 unspecified atom stereocenters. The highest BCUT2D eigenvalue weighted by Crippen LogP contribution is 2.33. The minimum Gasteiger partial charge on any atom is -0.493 e. The van der Waals surface area contributed by atoms with Crippen LogP contribution in [0.5, 0.6) is 5.75 Å². The Morgan fingerprint density at radius 1 is 0.969 bits per heavy atom. The van der Waals surface area contributed by atoms with Crippen molar-refractivity contribution in [1.82, 2.24) is 10.2 Å². The first-order valence-corrected chi connectivity index (χ1v) is 10.8. The number of benzene rings is 2. The zero-order valence-electron chi connectivity index (χ0n) is 17.5. The SMILES string of the molecule is O=C(NC1CC1)c1ccc(OCC2CCN(C(=O)c3ccccc3C(F)(F)F)CC2)cc1. The molecule has 1 saturated carbocycles. The second-order valence-corrected chi connectivity index (χ2v) is 8.36. The van der Waals surface area contributed by atoms with Crippen molar-refractivity contribution in [3.8, 4) is 5.75 Å². The summed E-state index contributed by atoms with van der Waals surface area (Å²) >= 11 is 0. The summed E-state index contributed by atoms with van der Waals surface area (Å²) in [5, 5.41) is 2.94. The van der Waals surface area contributed by atoms with Gasteiger partial charge in [-0.1, -0.05) is 12.1 Å². The molecule has 1 heterocycles. The number of halogens is 3. The van der Waals surface area contributed by atoms with Crippen LogP contribution in [0.4, 0.5) is 13.2 Å². The van der Waals surface area contributed by atoms with E-state index in [2.05, 4.69) is 5.32 Å². The van der Waals surface area contributed by atoms with Crippen LogP contribution in [0.15, 0.2) is 48.5 Å². The third kappa shape index (κ3) is 5.41. The summed E-state index contributed by atoms with van der Waals surface area (Å²) in [6, 6.07) is 12.2. The molecular weight excluding hydrogens is 421 g/mol. The fourth-order valence-electron chi connectivity index (χ4n) is 3.80. The Labute approximate surface area is 184 Å². The summed E-state index contributed by atoms with van der Waals surface area (Å²) in [5.74, 6) is 0.195. The monoisotopic (exact) mass is 446 g/mol. The van der Waals surface area contributed by atoms with Crippen LogP contribution in [0.25, 0.3) is 0 Å². The maximum Gasteiger partial charge on any atom is 0.417 e. The minimum atomic E-state index is -4.56. The Kier molecular flexibility index (Phi) is 6.39. The topological polar surface area (TPSA) is 58.6 Å². The molecule has 0 bridgehead atoms. The third-order valence-corrected chi connectivity index (χ3v) is 5.88. The van der Waals surface area contributed by atoms with Gasteiger partial charge in [0, 0.05) is 24.7 Å². The van der Waals surface area contributed by atoms with Crippen LogP contribution in [0.3, 0.4) is 0 Å². The smallest absolute Gasteiger partial charge is 0.417 e. The lowest BCUT2D eigenvalue weighted by molar-refractivity contribution is -0.138. The molecule has 170 valence electrons. The quantitative estimate of drug-likeness (QED) is 0.710. The fraction of sp³-hybridized carbons (Fsp3) is 0.417. The van der Waals surface area contributed by atoms with Crippen molar-refractivity contribution in [2.75, 3.05) is 19.7 Å². The predicted octanol–water partition coefficient (Wildman–Crippen LogP) is 4.53. The van der Waals surface area contributed by atoms with Gasteiger partial charge in [-0.15, -0.1) is 0 Å². The van der Waals surface area contributed by atoms with E-state index in [1.54, 1.807) is 24.3 Å². The Hall–Kier alpha value is -3.03. The first-order chi connectivity index (χ1) is 15.3. The van der Waals surface area contributed by atoms with E-state index in [0.717, 1.165) is 18.9 Å². The zero-order chi connectivity index (χ0) is 22.7. The zero-order valence-corrected chi connectivity index (χ0v) is 17.5. The van der Waals surface area contributed by atoms with Gasteiger partial charge in [-0.2, -0.15) is 13.2 Å². The van der Waals surface area contributed by atoms with Gasteiger partial charge in [-0.3, -0.25) is 9.59 Å². The molecule has 2 aliphatic rings. The summed E-state index contributed by atoms with van der Waals surface area (Å²) in [5.41, 5.74) is -0.611. The lowest BCUT2D eigenvalue weighted by Gasteiger charge is -2.32. The van der Waals surface area contributed by atoms with Crippen molar-refractivity contribution in [3.63, 3.8) is 0 Å². The molecule has 5 nitrogen and oxygen atoms in total. The van der Waals surface area contributed by atoms with E-state index in [9.17, 15) is 22.8 Å². The van der Waals surface area contributed by atoms with E-state index >= 15 is 0 Å². The number of carbonyl (C=O) groups excluding carboxylic acids is 2. The van der Waals surface area contributed by atoms with Crippen molar-refractivity contribution < 1.29 is 27.5 Å². The molecule has 2 aromatic rings. The summed E-state index contributed by atoms with van der Waals surface area (Å²) in [6.07, 6.45) is -1.19. The highest BCUT2D eigenvalue weighted by Gasteiger charge is 2.36. The molecule has 1 aliphatic heterocycles. The number of amides is 2. The molecule has 2 amide bonds. The number of carbonyl (C=O) groups is 2. The van der Waals surface area contributed by atoms with Gasteiger partial charge in [0.05, 0.1) is 17.7 Å². The van der Waals surface area contributed by atoms with Crippen LogP contribution in [0, 0.1) is 5.92 Å². The standard InChI is InChI=1S/C24H25F3N2O3/c25-24(26,27)21-4-2-1-3-20(21)23(31)29-13-11-16(12-14-29)15-32-19-9-5-17(6-10-19)22(30)28-18-7-8-18/h1-6,9-10,16,18H,7-8,11-15H2,(H,28,30). The molecule has 8 heteroatoms. The van der Waals surface area contributed by atoms with E-state index in [1.165, 1.54) is 23.1 Å². The number of hydrogen-bond acceptors (Lipinski definition) is 3. The molecule has 2 fully saturated rings. The second-order valence-electron chi connectivity index (χ2n) is 8.36. The van der Waals surface area contributed by atoms with Crippen LogP contribution in [-0.4, -0.2) is 42.5 Å². The number of alkyl halides is 3. The van der Waals surface area contributed by atoms with Crippen molar-refractivity contribution in [1.29, 1.82) is 0 Å². The summed E-state index contributed by atoms with van der Waals surface area (Å²) in [4.78, 5) is 26.2. The van der Waals surface area contributed by atoms with Crippen LogP contribution in [0.1, 0.15) is 52.0 Å². The van der Waals surface area contributed by atoms with Gasteiger partial charge < -0.3 is 15.0 Å². The van der Waals surface area contributed by atoms with Crippen molar-refractivity contribution in [3.05, 3.63) is 65.2 Å². The summed E-state index contributed by atoms with van der Waals surface area (Å²) in [6.45, 7) is 1.23. The molecular formula is C24H25F3N2O3. The Morgan fingerprint density at radius 3 is 2.25 bits per heavy atom. The predicted molar refractivity (Wildman–Crippen MR) is 112 cm³/mol. The first kappa shape index (κ1) is 22.2. The normalized spacial score (nSPS) is 17.2. The van der Waals surface area contributed by atoms with Gasteiger partial charge in [0.25, 0.3) is 11.8 Å². The molecule has 0 radical (unpaired) electrons. The molecule has 0 aromatic heterocycles. The Morgan fingerprint density at radius 2 is 1.62 bits per heavy atom. The molecule has 0 atom stereocenters. The summed E-state index contributed by atoms with van der Waals surface area (Å²) in [7, 11) is 0. The van der Waals surface area contributed by atoms with Crippen LogP contribution in [0.2, 0.25) is 0 Å². The van der Waals surface area contributed by atoms with Crippen LogP contribution >= 0.6 is 0 Å². The number of rotatable bonds is 6. The number of nitrogens with zero attached hydrogens (tertiary/aromatic N) is 1. The van der Waals surface area contributed by atoms with Crippen molar-refractivity contribution in [2.45, 2.75) is 37.9 Å². The van der Waals surface area contributed by atoms with Gasteiger partial charge in [0.1, 0.15) is 5.75 Å². The van der Waals surface area contributed by atoms with Gasteiger partial charge >= 0.3 is 6.18 Å². The van der Waals surface area contributed by atoms with Crippen LogP contribution in [-0.2, 0) is 6.18 Å². The lowest BCUT2D eigenvalue weighted by atomic mass is 9.96. The maximum absolute atomic E-state index is 13.2. The largest absolute Gasteiger partial charge is 0.493 e. The van der Waals surface area contributed by atoms with E-state index in [1.807, 2.05) is 0 Å². The molecule has 1 aliphatic carbocycles. The van der Waals surface area contributed by atoms with Gasteiger partial charge in [0.15, 0.2) is 0 Å². The van der Waals surface area contributed by atoms with Gasteiger partial charge in [-0.05, 0) is 68.0 Å². The maximum atomic E-state index is 13.2. The lowest BCUT2D eigenvalue weighted by Crippen LogP contribution is -2.40. The molecule has 1 saturated heterocycles. The van der Waals surface area contributed by atoms with Gasteiger partial charge in [0.2, 0.25) is 0 Å². The number of piperidine rings is 1. The third-order valence-electron chi connectivity index (χ3n) is 5.88. The summed E-state index contributed by atoms with van der Waals surface area (Å²) < 4.78 is 45.5. The van der Waals surface area contributed by atoms with E-state index < -0.39 is 17.6 Å². The van der Waals surface area contributed by atoms with Crippen molar-refractivity contribution >= 4 is 11.8 Å². The number of ether oxygens (including phenoxy) is 1. The average molecular weight is 446 g/mol. The molecule has 1 N–H and O–H groups in total. The fourth-order valence-corrected chi connectivity index (χ4v) is 3.80. The molecule has 32 heavy (non-hydrogen) atoms. The minimum absolute atomic E-state index is 0.0804. The highest BCUT2D eigenvalue weighted by atomic mass is 19.4. The highest BCUT2D eigenvalue weighted by molar-refractivity contribution is 5.96. The van der Waals surface area contributed by atoms with Crippen molar-refractivity contribution in [2.24, 2.45) is 5.92 Å². The number of likely N-dealkylation sites (tertiary alicyclic amines) is 1. The van der Waals surface area contributed by atoms with Gasteiger partial charge in [-0.25, -0.2) is 0 Å². The molecule has 2 aromatic carbocycles. The van der Waals surface area contributed by atoms with E-state index in [4.69, 9.17) is 4.74 Å². The number of hydrogen-bond donors (Lipinski definition) is 1. The number of nitrogens with one attached hydrogen (secondary N) is 1. The van der Waals surface area contributed by atoms with Crippen LogP contribution < -0.4 is 10.1 Å². The molecule has 0 spiro atoms. The second kappa shape index (κ2) is 9.22. The Balaban J connectivity index is 1.26.